The molecule has 0 radical (unpaired) electrons. The number of carbonyl (C=O) groups is 1. The first-order chi connectivity index (χ1) is 11.5. The Morgan fingerprint density at radius 1 is 1.04 bits per heavy atom. The Hall–Kier alpha value is -2.33. The van der Waals surface area contributed by atoms with Gasteiger partial charge in [-0.25, -0.2) is 0 Å². The molecule has 24 heavy (non-hydrogen) atoms. The molecule has 1 N–H and O–H groups in total. The van der Waals surface area contributed by atoms with Gasteiger partial charge in [-0.15, -0.1) is 0 Å². The molecule has 0 atom stereocenters. The van der Waals surface area contributed by atoms with Crippen LogP contribution in [0.25, 0.3) is 0 Å². The fraction of sp³-hybridized carbons (Fsp3) is 0.350. The predicted octanol–water partition coefficient (Wildman–Crippen LogP) is 3.56. The lowest BCUT2D eigenvalue weighted by molar-refractivity contribution is -0.117. The van der Waals surface area contributed by atoms with Gasteiger partial charge in [0.15, 0.2) is 0 Å². The number of para-hydroxylation sites is 1. The van der Waals surface area contributed by atoms with Crippen molar-refractivity contribution in [1.82, 2.24) is 4.90 Å². The summed E-state index contributed by atoms with van der Waals surface area (Å²) in [4.78, 5) is 14.2. The van der Waals surface area contributed by atoms with E-state index in [2.05, 4.69) is 5.32 Å². The largest absolute Gasteiger partial charge is 0.492 e. The first-order valence-corrected chi connectivity index (χ1v) is 8.20. The Labute approximate surface area is 144 Å². The molecule has 0 fully saturated rings. The zero-order chi connectivity index (χ0) is 17.5. The highest BCUT2D eigenvalue weighted by molar-refractivity contribution is 5.93. The van der Waals surface area contributed by atoms with Gasteiger partial charge in [-0.3, -0.25) is 9.69 Å². The van der Waals surface area contributed by atoms with E-state index in [0.29, 0.717) is 19.7 Å². The highest BCUT2D eigenvalue weighted by Crippen LogP contribution is 2.19. The van der Waals surface area contributed by atoms with Crippen LogP contribution in [-0.2, 0) is 4.79 Å². The number of hydrogen-bond acceptors (Lipinski definition) is 3. The van der Waals surface area contributed by atoms with E-state index in [4.69, 9.17) is 4.74 Å². The molecule has 4 heteroatoms. The highest BCUT2D eigenvalue weighted by atomic mass is 16.5. The fourth-order valence-corrected chi connectivity index (χ4v) is 2.47. The molecule has 0 saturated heterocycles. The van der Waals surface area contributed by atoms with Crippen LogP contribution in [0, 0.1) is 20.8 Å². The molecule has 0 heterocycles. The summed E-state index contributed by atoms with van der Waals surface area (Å²) in [7, 11) is 1.92. The van der Waals surface area contributed by atoms with Crippen LogP contribution in [0.15, 0.2) is 42.5 Å². The highest BCUT2D eigenvalue weighted by Gasteiger charge is 2.10. The number of nitrogens with zero attached hydrogens (tertiary/aromatic N) is 1. The first-order valence-electron chi connectivity index (χ1n) is 8.20. The molecule has 0 unspecified atom stereocenters. The molecule has 2 aromatic rings. The standard InChI is InChI=1S/C20H26N2O2/c1-15-8-10-18(11-9-15)24-13-12-22(4)14-19(23)21-20-16(2)6-5-7-17(20)3/h5-11H,12-14H2,1-4H3,(H,21,23). The summed E-state index contributed by atoms with van der Waals surface area (Å²) in [6.45, 7) is 7.63. The number of likely N-dealkylation sites (N-methyl/N-ethyl adjacent to an activating group) is 1. The second kappa shape index (κ2) is 8.50. The second-order valence-corrected chi connectivity index (χ2v) is 6.21. The molecule has 128 valence electrons. The van der Waals surface area contributed by atoms with E-state index in [1.165, 1.54) is 5.56 Å². The van der Waals surface area contributed by atoms with E-state index in [0.717, 1.165) is 22.6 Å². The van der Waals surface area contributed by atoms with Crippen molar-refractivity contribution < 1.29 is 9.53 Å². The minimum Gasteiger partial charge on any atom is -0.492 e. The van der Waals surface area contributed by atoms with Gasteiger partial charge >= 0.3 is 0 Å². The Kier molecular flexibility index (Phi) is 6.38. The Morgan fingerprint density at radius 3 is 2.29 bits per heavy atom. The minimum atomic E-state index is -0.00904. The van der Waals surface area contributed by atoms with Gasteiger partial charge in [0, 0.05) is 12.2 Å². The van der Waals surface area contributed by atoms with Crippen molar-refractivity contribution in [3.8, 4) is 5.75 Å². The molecule has 4 nitrogen and oxygen atoms in total. The van der Waals surface area contributed by atoms with Crippen molar-refractivity contribution in [2.45, 2.75) is 20.8 Å². The van der Waals surface area contributed by atoms with Gasteiger partial charge in [0.25, 0.3) is 0 Å². The summed E-state index contributed by atoms with van der Waals surface area (Å²) >= 11 is 0. The Balaban J connectivity index is 1.76. The van der Waals surface area contributed by atoms with Crippen LogP contribution in [0.1, 0.15) is 16.7 Å². The fourth-order valence-electron chi connectivity index (χ4n) is 2.47. The first kappa shape index (κ1) is 18.0. The molecule has 2 rings (SSSR count). The Morgan fingerprint density at radius 2 is 1.67 bits per heavy atom. The molecule has 0 aliphatic heterocycles. The van der Waals surface area contributed by atoms with E-state index >= 15 is 0 Å². The zero-order valence-corrected chi connectivity index (χ0v) is 14.9. The third-order valence-corrected chi connectivity index (χ3v) is 3.92. The van der Waals surface area contributed by atoms with Crippen LogP contribution < -0.4 is 10.1 Å². The quantitative estimate of drug-likeness (QED) is 0.846. The summed E-state index contributed by atoms with van der Waals surface area (Å²) in [5.41, 5.74) is 4.27. The van der Waals surface area contributed by atoms with Crippen molar-refractivity contribution in [2.24, 2.45) is 0 Å². The van der Waals surface area contributed by atoms with Crippen LogP contribution in [0.4, 0.5) is 5.69 Å². The van der Waals surface area contributed by atoms with Gasteiger partial charge in [0.2, 0.25) is 5.91 Å². The van der Waals surface area contributed by atoms with Crippen LogP contribution in [-0.4, -0.2) is 37.6 Å². The molecular formula is C20H26N2O2. The third kappa shape index (κ3) is 5.39. The molecule has 2 aromatic carbocycles. The maximum absolute atomic E-state index is 12.2. The van der Waals surface area contributed by atoms with Crippen molar-refractivity contribution >= 4 is 11.6 Å². The van der Waals surface area contributed by atoms with Gasteiger partial charge in [0.1, 0.15) is 12.4 Å². The molecule has 0 aromatic heterocycles. The number of carbonyl (C=O) groups excluding carboxylic acids is 1. The molecule has 0 saturated carbocycles. The second-order valence-electron chi connectivity index (χ2n) is 6.21. The van der Waals surface area contributed by atoms with E-state index < -0.39 is 0 Å². The lowest BCUT2D eigenvalue weighted by atomic mass is 10.1. The SMILES string of the molecule is Cc1ccc(OCCN(C)CC(=O)Nc2c(C)cccc2C)cc1. The molecule has 0 spiro atoms. The normalized spacial score (nSPS) is 10.7. The van der Waals surface area contributed by atoms with Crippen molar-refractivity contribution in [1.29, 1.82) is 0 Å². The monoisotopic (exact) mass is 326 g/mol. The summed E-state index contributed by atoms with van der Waals surface area (Å²) in [5, 5.41) is 3.00. The number of nitrogens with one attached hydrogen (secondary N) is 1. The van der Waals surface area contributed by atoms with Crippen LogP contribution in [0.3, 0.4) is 0 Å². The lowest BCUT2D eigenvalue weighted by Gasteiger charge is -2.18. The number of ether oxygens (including phenoxy) is 1. The van der Waals surface area contributed by atoms with E-state index in [1.807, 2.05) is 75.2 Å². The molecular weight excluding hydrogens is 300 g/mol. The third-order valence-electron chi connectivity index (χ3n) is 3.92. The summed E-state index contributed by atoms with van der Waals surface area (Å²) in [6.07, 6.45) is 0. The summed E-state index contributed by atoms with van der Waals surface area (Å²) < 4.78 is 5.70. The number of hydrogen-bond donors (Lipinski definition) is 1. The maximum atomic E-state index is 12.2. The molecule has 1 amide bonds. The average molecular weight is 326 g/mol. The topological polar surface area (TPSA) is 41.6 Å². The lowest BCUT2D eigenvalue weighted by Crippen LogP contribution is -2.33. The van der Waals surface area contributed by atoms with Crippen LogP contribution >= 0.6 is 0 Å². The molecule has 0 aliphatic carbocycles. The number of aryl methyl sites for hydroxylation is 3. The van der Waals surface area contributed by atoms with Gasteiger partial charge in [0.05, 0.1) is 6.54 Å². The zero-order valence-electron chi connectivity index (χ0n) is 14.9. The Bertz CT molecular complexity index is 660. The average Bonchev–Trinajstić information content (AvgIpc) is 2.53. The van der Waals surface area contributed by atoms with Crippen molar-refractivity contribution in [3.05, 3.63) is 59.2 Å². The molecule has 0 aliphatic rings. The number of benzene rings is 2. The number of amides is 1. The van der Waals surface area contributed by atoms with Crippen molar-refractivity contribution in [2.75, 3.05) is 32.1 Å². The van der Waals surface area contributed by atoms with E-state index in [9.17, 15) is 4.79 Å². The number of rotatable bonds is 7. The van der Waals surface area contributed by atoms with Crippen LogP contribution in [0.5, 0.6) is 5.75 Å². The van der Waals surface area contributed by atoms with Gasteiger partial charge in [-0.05, 0) is 51.1 Å². The van der Waals surface area contributed by atoms with Gasteiger partial charge in [-0.1, -0.05) is 35.9 Å². The smallest absolute Gasteiger partial charge is 0.238 e. The van der Waals surface area contributed by atoms with Gasteiger partial charge < -0.3 is 10.1 Å². The molecule has 0 bridgehead atoms. The van der Waals surface area contributed by atoms with Crippen LogP contribution in [0.2, 0.25) is 0 Å². The van der Waals surface area contributed by atoms with Crippen molar-refractivity contribution in [3.63, 3.8) is 0 Å². The summed E-state index contributed by atoms with van der Waals surface area (Å²) in [5.74, 6) is 0.847. The number of anilines is 1. The van der Waals surface area contributed by atoms with E-state index in [1.54, 1.807) is 0 Å². The minimum absolute atomic E-state index is 0.00904. The predicted molar refractivity (Wildman–Crippen MR) is 98.7 cm³/mol. The maximum Gasteiger partial charge on any atom is 0.238 e. The summed E-state index contributed by atoms with van der Waals surface area (Å²) in [6, 6.07) is 14.0. The van der Waals surface area contributed by atoms with Gasteiger partial charge in [-0.2, -0.15) is 0 Å². The van der Waals surface area contributed by atoms with E-state index in [-0.39, 0.29) is 5.91 Å².